The van der Waals surface area contributed by atoms with Gasteiger partial charge in [0.05, 0.1) is 25.0 Å². The van der Waals surface area contributed by atoms with Crippen LogP contribution in [0.2, 0.25) is 0 Å². The van der Waals surface area contributed by atoms with E-state index in [2.05, 4.69) is 9.97 Å². The number of methoxy groups -OCH3 is 1. The third-order valence-electron chi connectivity index (χ3n) is 4.25. The van der Waals surface area contributed by atoms with Crippen molar-refractivity contribution < 1.29 is 19.0 Å². The molecule has 31 heavy (non-hydrogen) atoms. The molecular weight excluding hydrogens is 418 g/mol. The van der Waals surface area contributed by atoms with E-state index in [1.54, 1.807) is 62.8 Å². The van der Waals surface area contributed by atoms with Gasteiger partial charge in [0.1, 0.15) is 17.4 Å². The Morgan fingerprint density at radius 2 is 1.94 bits per heavy atom. The molecule has 0 atom stereocenters. The van der Waals surface area contributed by atoms with E-state index >= 15 is 0 Å². The first-order chi connectivity index (χ1) is 15.0. The van der Waals surface area contributed by atoms with Gasteiger partial charge in [-0.3, -0.25) is 4.79 Å². The predicted octanol–water partition coefficient (Wildman–Crippen LogP) is 3.66. The minimum absolute atomic E-state index is 0.108. The van der Waals surface area contributed by atoms with Crippen LogP contribution < -0.4 is 19.8 Å². The number of carbonyl (C=O) groups is 1. The number of H-pyrrole nitrogens is 1. The lowest BCUT2D eigenvalue weighted by atomic mass is 10.1. The zero-order valence-corrected chi connectivity index (χ0v) is 17.9. The highest BCUT2D eigenvalue weighted by Gasteiger charge is 2.18. The highest BCUT2D eigenvalue weighted by molar-refractivity contribution is 7.98. The molecule has 0 saturated heterocycles. The highest BCUT2D eigenvalue weighted by atomic mass is 32.2. The number of thioether (sulfide) groups is 1. The largest absolute Gasteiger partial charge is 0.497 e. The number of hydrogen-bond donors (Lipinski definition) is 1. The average molecular weight is 437 g/mol. The normalized spacial score (nSPS) is 10.3. The molecule has 1 N–H and O–H groups in total. The molecule has 3 rings (SSSR count). The van der Waals surface area contributed by atoms with Crippen LogP contribution in [-0.4, -0.2) is 35.9 Å². The molecule has 2 aromatic carbocycles. The van der Waals surface area contributed by atoms with Crippen molar-refractivity contribution in [1.82, 2.24) is 9.97 Å². The summed E-state index contributed by atoms with van der Waals surface area (Å²) in [5.41, 5.74) is 0.434. The molecular formula is C22H19N3O5S. The van der Waals surface area contributed by atoms with Crippen LogP contribution in [0.4, 0.5) is 0 Å². The monoisotopic (exact) mass is 437 g/mol. The lowest BCUT2D eigenvalue weighted by Crippen LogP contribution is -2.14. The Hall–Kier alpha value is -3.77. The number of aromatic amines is 1. The third kappa shape index (κ3) is 4.87. The van der Waals surface area contributed by atoms with Gasteiger partial charge < -0.3 is 19.2 Å². The number of ether oxygens (including phenoxy) is 3. The minimum Gasteiger partial charge on any atom is -0.497 e. The fourth-order valence-electron chi connectivity index (χ4n) is 2.76. The highest BCUT2D eigenvalue weighted by Crippen LogP contribution is 2.34. The number of carbonyl (C=O) groups excluding carboxylic acids is 1. The maximum absolute atomic E-state index is 12.5. The molecule has 0 spiro atoms. The second-order valence-corrected chi connectivity index (χ2v) is 6.92. The standard InChI is InChI=1S/C22H19N3O5S/c1-4-29-18-11-14(19-16(12-23)20(26)25-22(24-19)31-3)7-10-17(18)30-21(27)13-5-8-15(28-2)9-6-13/h5-11H,4H2,1-3H3,(H,24,25,26). The summed E-state index contributed by atoms with van der Waals surface area (Å²) in [5, 5.41) is 9.79. The van der Waals surface area contributed by atoms with Crippen LogP contribution >= 0.6 is 11.8 Å². The fraction of sp³-hybridized carbons (Fsp3) is 0.182. The van der Waals surface area contributed by atoms with E-state index in [9.17, 15) is 14.9 Å². The minimum atomic E-state index is -0.562. The van der Waals surface area contributed by atoms with Crippen molar-refractivity contribution in [1.29, 1.82) is 5.26 Å². The summed E-state index contributed by atoms with van der Waals surface area (Å²) >= 11 is 1.25. The maximum Gasteiger partial charge on any atom is 0.343 e. The second kappa shape index (κ2) is 9.82. The van der Waals surface area contributed by atoms with Gasteiger partial charge in [0, 0.05) is 5.56 Å². The van der Waals surface area contributed by atoms with Crippen molar-refractivity contribution in [3.05, 3.63) is 63.9 Å². The van der Waals surface area contributed by atoms with Gasteiger partial charge in [-0.05, 0) is 55.6 Å². The van der Waals surface area contributed by atoms with E-state index in [1.807, 2.05) is 6.07 Å². The van der Waals surface area contributed by atoms with Gasteiger partial charge >= 0.3 is 5.97 Å². The van der Waals surface area contributed by atoms with Crippen LogP contribution in [0.5, 0.6) is 17.2 Å². The topological polar surface area (TPSA) is 114 Å². The van der Waals surface area contributed by atoms with Gasteiger partial charge in [-0.25, -0.2) is 9.78 Å². The van der Waals surface area contributed by atoms with Crippen molar-refractivity contribution >= 4 is 17.7 Å². The molecule has 8 nitrogen and oxygen atoms in total. The van der Waals surface area contributed by atoms with E-state index in [0.29, 0.717) is 34.4 Å². The summed E-state index contributed by atoms with van der Waals surface area (Å²) in [5.74, 6) is 0.561. The third-order valence-corrected chi connectivity index (χ3v) is 4.83. The van der Waals surface area contributed by atoms with E-state index in [4.69, 9.17) is 14.2 Å². The van der Waals surface area contributed by atoms with Crippen LogP contribution in [0.1, 0.15) is 22.8 Å². The molecule has 3 aromatic rings. The summed E-state index contributed by atoms with van der Waals surface area (Å²) < 4.78 is 16.2. The molecule has 158 valence electrons. The number of nitriles is 1. The van der Waals surface area contributed by atoms with Gasteiger partial charge in [-0.1, -0.05) is 11.8 Å². The molecule has 1 aromatic heterocycles. The average Bonchev–Trinajstić information content (AvgIpc) is 2.79. The van der Waals surface area contributed by atoms with Gasteiger partial charge in [0.15, 0.2) is 16.7 Å². The Balaban J connectivity index is 1.98. The van der Waals surface area contributed by atoms with Gasteiger partial charge in [0.2, 0.25) is 0 Å². The molecule has 0 aliphatic heterocycles. The van der Waals surface area contributed by atoms with Gasteiger partial charge in [0.25, 0.3) is 5.56 Å². The molecule has 0 aliphatic rings. The number of aromatic nitrogens is 2. The number of esters is 1. The van der Waals surface area contributed by atoms with Crippen molar-refractivity contribution in [3.8, 4) is 34.6 Å². The van der Waals surface area contributed by atoms with E-state index in [-0.39, 0.29) is 17.0 Å². The summed E-state index contributed by atoms with van der Waals surface area (Å²) in [4.78, 5) is 31.7. The first-order valence-electron chi connectivity index (χ1n) is 9.22. The lowest BCUT2D eigenvalue weighted by Gasteiger charge is -2.13. The Morgan fingerprint density at radius 1 is 1.19 bits per heavy atom. The smallest absolute Gasteiger partial charge is 0.343 e. The number of nitrogens with zero attached hydrogens (tertiary/aromatic N) is 2. The molecule has 0 amide bonds. The van der Waals surface area contributed by atoms with E-state index < -0.39 is 11.5 Å². The van der Waals surface area contributed by atoms with Crippen molar-refractivity contribution in [2.24, 2.45) is 0 Å². The Morgan fingerprint density at radius 3 is 2.55 bits per heavy atom. The number of benzene rings is 2. The molecule has 9 heteroatoms. The Bertz CT molecular complexity index is 1200. The Labute approximate surface area is 182 Å². The van der Waals surface area contributed by atoms with Crippen molar-refractivity contribution in [2.45, 2.75) is 12.1 Å². The summed E-state index contributed by atoms with van der Waals surface area (Å²) in [7, 11) is 1.54. The predicted molar refractivity (Wildman–Crippen MR) is 116 cm³/mol. The van der Waals surface area contributed by atoms with Crippen LogP contribution in [-0.2, 0) is 0 Å². The lowest BCUT2D eigenvalue weighted by molar-refractivity contribution is 0.0728. The summed E-state index contributed by atoms with van der Waals surface area (Å²) in [6.45, 7) is 2.11. The first-order valence-corrected chi connectivity index (χ1v) is 10.4. The van der Waals surface area contributed by atoms with Crippen molar-refractivity contribution in [2.75, 3.05) is 20.0 Å². The number of nitrogens with one attached hydrogen (secondary N) is 1. The van der Waals surface area contributed by atoms with Crippen molar-refractivity contribution in [3.63, 3.8) is 0 Å². The number of hydrogen-bond acceptors (Lipinski definition) is 8. The second-order valence-electron chi connectivity index (χ2n) is 6.12. The molecule has 0 aliphatic carbocycles. The summed E-state index contributed by atoms with van der Waals surface area (Å²) in [6.07, 6.45) is 1.77. The zero-order chi connectivity index (χ0) is 22.4. The molecule has 0 bridgehead atoms. The fourth-order valence-corrected chi connectivity index (χ4v) is 3.13. The number of rotatable bonds is 7. The van der Waals surface area contributed by atoms with Crippen LogP contribution in [0.15, 0.2) is 52.4 Å². The van der Waals surface area contributed by atoms with Crippen LogP contribution in [0, 0.1) is 11.3 Å². The molecule has 0 radical (unpaired) electrons. The molecule has 0 fully saturated rings. The quantitative estimate of drug-likeness (QED) is 0.258. The first kappa shape index (κ1) is 21.9. The summed E-state index contributed by atoms with van der Waals surface area (Å²) in [6, 6.07) is 13.2. The van der Waals surface area contributed by atoms with E-state index in [0.717, 1.165) is 0 Å². The SMILES string of the molecule is CCOc1cc(-c2nc(SC)[nH]c(=O)c2C#N)ccc1OC(=O)c1ccc(OC)cc1. The maximum atomic E-state index is 12.5. The molecule has 0 saturated carbocycles. The Kier molecular flexibility index (Phi) is 6.95. The van der Waals surface area contributed by atoms with E-state index in [1.165, 1.54) is 11.8 Å². The molecule has 1 heterocycles. The van der Waals surface area contributed by atoms with Gasteiger partial charge in [-0.2, -0.15) is 5.26 Å². The van der Waals surface area contributed by atoms with Crippen LogP contribution in [0.25, 0.3) is 11.3 Å². The molecule has 0 unspecified atom stereocenters. The van der Waals surface area contributed by atoms with Crippen LogP contribution in [0.3, 0.4) is 0 Å². The zero-order valence-electron chi connectivity index (χ0n) is 17.1. The van der Waals surface area contributed by atoms with Gasteiger partial charge in [-0.15, -0.1) is 0 Å².